The third-order valence-corrected chi connectivity index (χ3v) is 3.57. The van der Waals surface area contributed by atoms with Gasteiger partial charge in [-0.05, 0) is 36.3 Å². The van der Waals surface area contributed by atoms with Crippen LogP contribution >= 0.6 is 12.2 Å². The molecule has 0 unspecified atom stereocenters. The van der Waals surface area contributed by atoms with Crippen LogP contribution in [0.25, 0.3) is 0 Å². The van der Waals surface area contributed by atoms with Gasteiger partial charge in [0.25, 0.3) is 5.69 Å². The molecule has 0 spiro atoms. The summed E-state index contributed by atoms with van der Waals surface area (Å²) in [7, 11) is 1.31. The topological polar surface area (TPSA) is 93.5 Å². The Hall–Kier alpha value is -2.48. The predicted molar refractivity (Wildman–Crippen MR) is 84.0 cm³/mol. The molecule has 8 heteroatoms. The number of nitrogens with one attached hydrogen (secondary N) is 2. The fraction of sp³-hybridized carbons (Fsp3) is 0.286. The lowest BCUT2D eigenvalue weighted by Crippen LogP contribution is -2.45. The molecule has 2 rings (SSSR count). The van der Waals surface area contributed by atoms with Gasteiger partial charge in [-0.3, -0.25) is 10.1 Å². The number of methoxy groups -OCH3 is 1. The minimum atomic E-state index is -0.503. The minimum absolute atomic E-state index is 0.0143. The maximum absolute atomic E-state index is 12.1. The number of non-ortho nitro benzene ring substituents is 1. The molecule has 0 saturated carbocycles. The number of hydrogen-bond acceptors (Lipinski definition) is 5. The van der Waals surface area contributed by atoms with E-state index in [9.17, 15) is 14.9 Å². The Balaban J connectivity index is 2.47. The first-order chi connectivity index (χ1) is 10.5. The first kappa shape index (κ1) is 15.9. The third-order valence-electron chi connectivity index (χ3n) is 3.35. The van der Waals surface area contributed by atoms with Crippen LogP contribution in [0.5, 0.6) is 0 Å². The van der Waals surface area contributed by atoms with E-state index in [4.69, 9.17) is 17.0 Å². The van der Waals surface area contributed by atoms with Crippen molar-refractivity contribution in [2.24, 2.45) is 0 Å². The number of rotatable bonds is 4. The molecule has 0 fully saturated rings. The molecule has 1 atom stereocenters. The summed E-state index contributed by atoms with van der Waals surface area (Å²) in [5.74, 6) is -0.470. The number of nitrogens with zero attached hydrogens (tertiary/aromatic N) is 1. The zero-order valence-electron chi connectivity index (χ0n) is 12.1. The van der Waals surface area contributed by atoms with Gasteiger partial charge in [-0.1, -0.05) is 6.92 Å². The van der Waals surface area contributed by atoms with Crippen molar-refractivity contribution in [1.82, 2.24) is 10.6 Å². The molecule has 0 aliphatic carbocycles. The molecule has 0 radical (unpaired) electrons. The van der Waals surface area contributed by atoms with E-state index >= 15 is 0 Å². The van der Waals surface area contributed by atoms with Crippen molar-refractivity contribution >= 4 is 29.0 Å². The summed E-state index contributed by atoms with van der Waals surface area (Å²) in [5, 5.41) is 17.1. The van der Waals surface area contributed by atoms with Crippen molar-refractivity contribution in [2.75, 3.05) is 7.11 Å². The van der Waals surface area contributed by atoms with Crippen molar-refractivity contribution < 1.29 is 14.5 Å². The highest BCUT2D eigenvalue weighted by molar-refractivity contribution is 7.80. The quantitative estimate of drug-likeness (QED) is 0.379. The summed E-state index contributed by atoms with van der Waals surface area (Å²) in [6, 6.07) is 5.47. The van der Waals surface area contributed by atoms with Gasteiger partial charge >= 0.3 is 5.97 Å². The average Bonchev–Trinajstić information content (AvgIpc) is 2.53. The Labute approximate surface area is 132 Å². The van der Waals surface area contributed by atoms with Crippen LogP contribution in [-0.2, 0) is 9.53 Å². The molecule has 0 amide bonds. The van der Waals surface area contributed by atoms with Gasteiger partial charge in [0.15, 0.2) is 5.11 Å². The van der Waals surface area contributed by atoms with Crippen molar-refractivity contribution in [3.63, 3.8) is 0 Å². The fourth-order valence-electron chi connectivity index (χ4n) is 2.29. The second-order valence-corrected chi connectivity index (χ2v) is 5.03. The van der Waals surface area contributed by atoms with E-state index in [1.807, 2.05) is 6.92 Å². The molecule has 0 aromatic heterocycles. The van der Waals surface area contributed by atoms with E-state index in [1.165, 1.54) is 19.2 Å². The van der Waals surface area contributed by atoms with Gasteiger partial charge in [0.05, 0.1) is 23.6 Å². The van der Waals surface area contributed by atoms with Gasteiger partial charge in [0.1, 0.15) is 0 Å². The van der Waals surface area contributed by atoms with E-state index in [0.29, 0.717) is 28.4 Å². The number of ether oxygens (including phenoxy) is 1. The van der Waals surface area contributed by atoms with E-state index in [1.54, 1.807) is 12.1 Å². The Morgan fingerprint density at radius 1 is 1.41 bits per heavy atom. The number of benzene rings is 1. The zero-order chi connectivity index (χ0) is 16.3. The van der Waals surface area contributed by atoms with Crippen LogP contribution in [0.4, 0.5) is 5.69 Å². The van der Waals surface area contributed by atoms with Crippen molar-refractivity contribution in [2.45, 2.75) is 19.4 Å². The van der Waals surface area contributed by atoms with Crippen LogP contribution in [0.3, 0.4) is 0 Å². The molecule has 1 aromatic carbocycles. The molecule has 116 valence electrons. The Bertz CT molecular complexity index is 655. The standard InChI is InChI=1S/C14H15N3O4S/c1-3-10-11(13(18)21-2)12(16-14(22)15-10)8-4-6-9(7-5-8)17(19)20/h4-7,12H,3H2,1-2H3,(H2,15,16,22)/t12-/m1/s1. The second kappa shape index (κ2) is 6.52. The van der Waals surface area contributed by atoms with E-state index in [2.05, 4.69) is 10.6 Å². The maximum atomic E-state index is 12.1. The van der Waals surface area contributed by atoms with Crippen LogP contribution in [0.15, 0.2) is 35.5 Å². The molecule has 1 aromatic rings. The highest BCUT2D eigenvalue weighted by Gasteiger charge is 2.31. The summed E-state index contributed by atoms with van der Waals surface area (Å²) < 4.78 is 4.84. The summed E-state index contributed by atoms with van der Waals surface area (Å²) in [4.78, 5) is 22.4. The van der Waals surface area contributed by atoms with Gasteiger partial charge in [0, 0.05) is 17.8 Å². The molecule has 22 heavy (non-hydrogen) atoms. The van der Waals surface area contributed by atoms with Crippen LogP contribution < -0.4 is 10.6 Å². The lowest BCUT2D eigenvalue weighted by molar-refractivity contribution is -0.384. The Kier molecular flexibility index (Phi) is 4.71. The largest absolute Gasteiger partial charge is 0.466 e. The molecule has 0 bridgehead atoms. The number of allylic oxidation sites excluding steroid dienone is 1. The summed E-state index contributed by atoms with van der Waals surface area (Å²) >= 11 is 5.15. The number of esters is 1. The van der Waals surface area contributed by atoms with Crippen molar-refractivity contribution in [1.29, 1.82) is 0 Å². The van der Waals surface area contributed by atoms with E-state index in [0.717, 1.165) is 0 Å². The normalized spacial score (nSPS) is 17.5. The zero-order valence-corrected chi connectivity index (χ0v) is 12.9. The number of carbonyl (C=O) groups is 1. The number of nitro groups is 1. The molecule has 1 heterocycles. The number of thiocarbonyl (C=S) groups is 1. The molecule has 7 nitrogen and oxygen atoms in total. The third kappa shape index (κ3) is 3.06. The van der Waals surface area contributed by atoms with Crippen LogP contribution in [-0.4, -0.2) is 23.1 Å². The van der Waals surface area contributed by atoms with Gasteiger partial charge in [-0.2, -0.15) is 0 Å². The van der Waals surface area contributed by atoms with E-state index < -0.39 is 16.9 Å². The van der Waals surface area contributed by atoms with Gasteiger partial charge in [-0.15, -0.1) is 0 Å². The lowest BCUT2D eigenvalue weighted by atomic mass is 9.94. The number of carbonyl (C=O) groups excluding carboxylic acids is 1. The van der Waals surface area contributed by atoms with Crippen LogP contribution in [0, 0.1) is 10.1 Å². The summed E-state index contributed by atoms with van der Waals surface area (Å²) in [6.45, 7) is 1.89. The molecule has 1 aliphatic rings. The van der Waals surface area contributed by atoms with Gasteiger partial charge in [-0.25, -0.2) is 4.79 Å². The highest BCUT2D eigenvalue weighted by Crippen LogP contribution is 2.29. The Morgan fingerprint density at radius 2 is 2.05 bits per heavy atom. The number of hydrogen-bond donors (Lipinski definition) is 2. The summed E-state index contributed by atoms with van der Waals surface area (Å²) in [5.41, 5.74) is 1.78. The lowest BCUT2D eigenvalue weighted by Gasteiger charge is -2.30. The molecule has 0 saturated heterocycles. The number of nitro benzene ring substituents is 1. The minimum Gasteiger partial charge on any atom is -0.466 e. The highest BCUT2D eigenvalue weighted by atomic mass is 32.1. The molecular weight excluding hydrogens is 306 g/mol. The predicted octanol–water partition coefficient (Wildman–Crippen LogP) is 1.95. The first-order valence-electron chi connectivity index (χ1n) is 6.61. The van der Waals surface area contributed by atoms with E-state index in [-0.39, 0.29) is 5.69 Å². The fourth-order valence-corrected chi connectivity index (χ4v) is 2.53. The monoisotopic (exact) mass is 321 g/mol. The van der Waals surface area contributed by atoms with Gasteiger partial charge < -0.3 is 15.4 Å². The second-order valence-electron chi connectivity index (χ2n) is 4.62. The molecular formula is C14H15N3O4S. The maximum Gasteiger partial charge on any atom is 0.337 e. The molecule has 1 aliphatic heterocycles. The van der Waals surface area contributed by atoms with Crippen LogP contribution in [0.1, 0.15) is 24.9 Å². The Morgan fingerprint density at radius 3 is 2.55 bits per heavy atom. The van der Waals surface area contributed by atoms with Crippen LogP contribution in [0.2, 0.25) is 0 Å². The van der Waals surface area contributed by atoms with Crippen molar-refractivity contribution in [3.05, 3.63) is 51.2 Å². The first-order valence-corrected chi connectivity index (χ1v) is 7.02. The molecule has 2 N–H and O–H groups in total. The summed E-state index contributed by atoms with van der Waals surface area (Å²) in [6.07, 6.45) is 0.579. The smallest absolute Gasteiger partial charge is 0.337 e. The van der Waals surface area contributed by atoms with Gasteiger partial charge in [0.2, 0.25) is 0 Å². The SMILES string of the molecule is CCC1=C(C(=O)OC)[C@@H](c2ccc([N+](=O)[O-])cc2)NC(=S)N1. The van der Waals surface area contributed by atoms with Crippen molar-refractivity contribution in [3.8, 4) is 0 Å². The average molecular weight is 321 g/mol.